The van der Waals surface area contributed by atoms with Gasteiger partial charge in [0.25, 0.3) is 0 Å². The number of hydrogen-bond acceptors (Lipinski definition) is 6. The molecule has 4 heterocycles. The van der Waals surface area contributed by atoms with Crippen molar-refractivity contribution < 1.29 is 4.52 Å². The molecule has 3 fully saturated rings. The molecule has 0 bridgehead atoms. The van der Waals surface area contributed by atoms with Crippen LogP contribution in [-0.2, 0) is 0 Å². The number of aromatic nitrogens is 3. The van der Waals surface area contributed by atoms with Crippen LogP contribution < -0.4 is 0 Å². The van der Waals surface area contributed by atoms with E-state index in [4.69, 9.17) is 9.51 Å². The molecule has 0 aromatic carbocycles. The second-order valence-electron chi connectivity index (χ2n) is 8.96. The first-order valence-electron chi connectivity index (χ1n) is 10.9. The van der Waals surface area contributed by atoms with Gasteiger partial charge in [0, 0.05) is 43.4 Å². The van der Waals surface area contributed by atoms with Gasteiger partial charge in [0.05, 0.1) is 5.92 Å². The third-order valence-corrected chi connectivity index (χ3v) is 7.16. The summed E-state index contributed by atoms with van der Waals surface area (Å²) in [5.74, 6) is 2.93. The van der Waals surface area contributed by atoms with Crippen LogP contribution in [0, 0.1) is 0 Å². The maximum atomic E-state index is 5.85. The van der Waals surface area contributed by atoms with Crippen molar-refractivity contribution in [2.75, 3.05) is 33.2 Å². The van der Waals surface area contributed by atoms with Gasteiger partial charge in [0.2, 0.25) is 5.89 Å². The van der Waals surface area contributed by atoms with E-state index in [9.17, 15) is 0 Å². The molecule has 3 aliphatic rings. The standard InChI is InChI=1S/C22H31N5O/c1-26-11-8-18(9-12-26)27-14-19(17-7-4-10-23-13-17)20(15-27)22-24-21(25-28-22)16-5-2-3-6-16/h4,7,10,13,16,18-20H,2-3,5-6,8-9,11-12,14-15H2,1H3/t19-,20+/m0/s1. The van der Waals surface area contributed by atoms with Crippen molar-refractivity contribution in [3.05, 3.63) is 41.8 Å². The van der Waals surface area contributed by atoms with Crippen LogP contribution in [0.15, 0.2) is 29.0 Å². The van der Waals surface area contributed by atoms with Gasteiger partial charge in [-0.05, 0) is 57.5 Å². The lowest BCUT2D eigenvalue weighted by Gasteiger charge is -2.35. The maximum absolute atomic E-state index is 5.85. The number of likely N-dealkylation sites (tertiary alicyclic amines) is 2. The number of pyridine rings is 1. The molecule has 2 aliphatic heterocycles. The summed E-state index contributed by atoms with van der Waals surface area (Å²) in [4.78, 5) is 14.4. The minimum Gasteiger partial charge on any atom is -0.339 e. The highest BCUT2D eigenvalue weighted by atomic mass is 16.5. The van der Waals surface area contributed by atoms with E-state index in [1.807, 2.05) is 18.5 Å². The zero-order valence-electron chi connectivity index (χ0n) is 16.8. The number of piperidine rings is 1. The van der Waals surface area contributed by atoms with E-state index < -0.39 is 0 Å². The fourth-order valence-corrected chi connectivity index (χ4v) is 5.42. The van der Waals surface area contributed by atoms with Crippen LogP contribution in [-0.4, -0.2) is 64.2 Å². The highest BCUT2D eigenvalue weighted by Crippen LogP contribution is 2.41. The van der Waals surface area contributed by atoms with E-state index in [0.29, 0.717) is 17.9 Å². The normalized spacial score (nSPS) is 28.3. The van der Waals surface area contributed by atoms with Gasteiger partial charge < -0.3 is 9.42 Å². The molecule has 5 rings (SSSR count). The van der Waals surface area contributed by atoms with Crippen molar-refractivity contribution in [2.24, 2.45) is 0 Å². The molecular weight excluding hydrogens is 350 g/mol. The van der Waals surface area contributed by atoms with Gasteiger partial charge in [-0.1, -0.05) is 24.1 Å². The zero-order chi connectivity index (χ0) is 18.9. The summed E-state index contributed by atoms with van der Waals surface area (Å²) in [5.41, 5.74) is 1.29. The molecule has 2 aromatic heterocycles. The Kier molecular flexibility index (Phi) is 5.16. The molecule has 0 radical (unpaired) electrons. The Bertz CT molecular complexity index is 764. The average Bonchev–Trinajstić information content (AvgIpc) is 3.48. The molecule has 6 nitrogen and oxygen atoms in total. The Balaban J connectivity index is 1.39. The monoisotopic (exact) mass is 381 g/mol. The van der Waals surface area contributed by atoms with Gasteiger partial charge in [0.15, 0.2) is 5.82 Å². The van der Waals surface area contributed by atoms with E-state index in [1.54, 1.807) is 0 Å². The Morgan fingerprint density at radius 2 is 1.82 bits per heavy atom. The predicted molar refractivity (Wildman–Crippen MR) is 107 cm³/mol. The summed E-state index contributed by atoms with van der Waals surface area (Å²) in [6, 6.07) is 4.91. The second-order valence-corrected chi connectivity index (χ2v) is 8.96. The second kappa shape index (κ2) is 7.91. The quantitative estimate of drug-likeness (QED) is 0.809. The Morgan fingerprint density at radius 1 is 1.04 bits per heavy atom. The Labute approximate surface area is 167 Å². The van der Waals surface area contributed by atoms with Crippen LogP contribution in [0.25, 0.3) is 0 Å². The van der Waals surface area contributed by atoms with Gasteiger partial charge >= 0.3 is 0 Å². The van der Waals surface area contributed by atoms with Gasteiger partial charge in [-0.15, -0.1) is 0 Å². The smallest absolute Gasteiger partial charge is 0.231 e. The minimum atomic E-state index is 0.270. The lowest BCUT2D eigenvalue weighted by Crippen LogP contribution is -2.42. The Hall–Kier alpha value is -1.79. The van der Waals surface area contributed by atoms with Crippen LogP contribution in [0.1, 0.15) is 73.6 Å². The van der Waals surface area contributed by atoms with Crippen molar-refractivity contribution in [1.82, 2.24) is 24.9 Å². The molecule has 1 saturated carbocycles. The van der Waals surface area contributed by atoms with E-state index in [2.05, 4.69) is 33.1 Å². The molecule has 0 unspecified atom stereocenters. The molecule has 0 N–H and O–H groups in total. The number of nitrogens with zero attached hydrogens (tertiary/aromatic N) is 5. The first-order valence-corrected chi connectivity index (χ1v) is 10.9. The summed E-state index contributed by atoms with van der Waals surface area (Å²) in [7, 11) is 2.23. The third-order valence-electron chi connectivity index (χ3n) is 7.16. The number of rotatable bonds is 4. The highest BCUT2D eigenvalue weighted by molar-refractivity contribution is 5.23. The lowest BCUT2D eigenvalue weighted by molar-refractivity contribution is 0.140. The summed E-state index contributed by atoms with van der Waals surface area (Å²) in [6.45, 7) is 4.46. The summed E-state index contributed by atoms with van der Waals surface area (Å²) in [5, 5.41) is 4.39. The van der Waals surface area contributed by atoms with Crippen molar-refractivity contribution in [2.45, 2.75) is 62.3 Å². The van der Waals surface area contributed by atoms with E-state index >= 15 is 0 Å². The molecule has 2 atom stereocenters. The molecule has 2 saturated heterocycles. The van der Waals surface area contributed by atoms with Crippen molar-refractivity contribution >= 4 is 0 Å². The molecule has 0 spiro atoms. The molecule has 0 amide bonds. The predicted octanol–water partition coefficient (Wildman–Crippen LogP) is 3.40. The fourth-order valence-electron chi connectivity index (χ4n) is 5.42. The van der Waals surface area contributed by atoms with Gasteiger partial charge in [0.1, 0.15) is 0 Å². The van der Waals surface area contributed by atoms with Crippen LogP contribution in [0.5, 0.6) is 0 Å². The topological polar surface area (TPSA) is 58.3 Å². The largest absolute Gasteiger partial charge is 0.339 e. The minimum absolute atomic E-state index is 0.270. The van der Waals surface area contributed by atoms with Crippen LogP contribution in [0.4, 0.5) is 0 Å². The summed E-state index contributed by atoms with van der Waals surface area (Å²) >= 11 is 0. The molecule has 2 aromatic rings. The van der Waals surface area contributed by atoms with E-state index in [-0.39, 0.29) is 5.92 Å². The van der Waals surface area contributed by atoms with Gasteiger partial charge in [-0.3, -0.25) is 9.88 Å². The maximum Gasteiger partial charge on any atom is 0.231 e. The summed E-state index contributed by atoms with van der Waals surface area (Å²) in [6.07, 6.45) is 11.4. The molecule has 28 heavy (non-hydrogen) atoms. The highest BCUT2D eigenvalue weighted by Gasteiger charge is 2.41. The Morgan fingerprint density at radius 3 is 2.57 bits per heavy atom. The van der Waals surface area contributed by atoms with E-state index in [0.717, 1.165) is 24.8 Å². The molecule has 1 aliphatic carbocycles. The molecule has 150 valence electrons. The van der Waals surface area contributed by atoms with E-state index in [1.165, 1.54) is 57.2 Å². The van der Waals surface area contributed by atoms with Gasteiger partial charge in [-0.25, -0.2) is 0 Å². The van der Waals surface area contributed by atoms with Crippen molar-refractivity contribution in [3.8, 4) is 0 Å². The van der Waals surface area contributed by atoms with Crippen LogP contribution in [0.3, 0.4) is 0 Å². The third kappa shape index (κ3) is 3.60. The average molecular weight is 382 g/mol. The van der Waals surface area contributed by atoms with Crippen LogP contribution in [0.2, 0.25) is 0 Å². The molecular formula is C22H31N5O. The summed E-state index contributed by atoms with van der Waals surface area (Å²) < 4.78 is 5.85. The van der Waals surface area contributed by atoms with Crippen molar-refractivity contribution in [3.63, 3.8) is 0 Å². The number of hydrogen-bond donors (Lipinski definition) is 0. The van der Waals surface area contributed by atoms with Crippen LogP contribution >= 0.6 is 0 Å². The zero-order valence-corrected chi connectivity index (χ0v) is 16.8. The lowest BCUT2D eigenvalue weighted by atomic mass is 9.90. The fraction of sp³-hybridized carbons (Fsp3) is 0.682. The SMILES string of the molecule is CN1CCC(N2C[C@@H](c3cccnc3)[C@H](c3nc(C4CCCC4)no3)C2)CC1. The van der Waals surface area contributed by atoms with Crippen molar-refractivity contribution in [1.29, 1.82) is 0 Å². The first-order chi connectivity index (χ1) is 13.8. The molecule has 6 heteroatoms. The van der Waals surface area contributed by atoms with Gasteiger partial charge in [-0.2, -0.15) is 4.98 Å². The first kappa shape index (κ1) is 18.3.